The van der Waals surface area contributed by atoms with Crippen LogP contribution in [0.3, 0.4) is 0 Å². The number of hydrogen-bond acceptors (Lipinski definition) is 2. The van der Waals surface area contributed by atoms with E-state index < -0.39 is 0 Å². The van der Waals surface area contributed by atoms with Crippen LogP contribution >= 0.6 is 0 Å². The summed E-state index contributed by atoms with van der Waals surface area (Å²) in [5.41, 5.74) is 2.86. The van der Waals surface area contributed by atoms with E-state index in [4.69, 9.17) is 4.74 Å². The van der Waals surface area contributed by atoms with Crippen LogP contribution in [0.1, 0.15) is 49.7 Å². The summed E-state index contributed by atoms with van der Waals surface area (Å²) in [5, 5.41) is 4.09. The second-order valence-corrected chi connectivity index (χ2v) is 6.46. The van der Waals surface area contributed by atoms with Crippen LogP contribution in [0.2, 0.25) is 0 Å². The third-order valence-electron chi connectivity index (χ3n) is 4.03. The van der Waals surface area contributed by atoms with Crippen molar-refractivity contribution in [1.29, 1.82) is 0 Å². The summed E-state index contributed by atoms with van der Waals surface area (Å²) in [6.45, 7) is 8.99. The highest BCUT2D eigenvalue weighted by atomic mass is 16.5. The number of carbonyl (C=O) groups is 1. The fraction of sp³-hybridized carbons (Fsp3) is 0.500. The summed E-state index contributed by atoms with van der Waals surface area (Å²) in [6, 6.07) is 8.21. The number of H-pyrrole nitrogens is 1. The molecule has 2 rings (SSSR count). The second kappa shape index (κ2) is 6.97. The number of fused-ring (bicyclic) bond motifs is 1. The zero-order chi connectivity index (χ0) is 16.3. The van der Waals surface area contributed by atoms with Crippen LogP contribution in [-0.4, -0.2) is 30.6 Å². The summed E-state index contributed by atoms with van der Waals surface area (Å²) in [7, 11) is 1.65. The molecular weight excluding hydrogens is 276 g/mol. The molecule has 0 radical (unpaired) electrons. The molecule has 2 aromatic rings. The monoisotopic (exact) mass is 302 g/mol. The minimum Gasteiger partial charge on any atom is -0.383 e. The van der Waals surface area contributed by atoms with E-state index in [9.17, 15) is 4.79 Å². The van der Waals surface area contributed by atoms with Gasteiger partial charge in [-0.15, -0.1) is 0 Å². The number of rotatable bonds is 6. The fourth-order valence-corrected chi connectivity index (χ4v) is 2.45. The summed E-state index contributed by atoms with van der Waals surface area (Å²) in [6.07, 6.45) is 0. The molecule has 0 aliphatic carbocycles. The average Bonchev–Trinajstić information content (AvgIpc) is 2.89. The number of aromatic amines is 1. The molecule has 0 saturated heterocycles. The first-order valence-corrected chi connectivity index (χ1v) is 7.84. The highest BCUT2D eigenvalue weighted by Gasteiger charge is 2.18. The number of carbonyl (C=O) groups excluding carboxylic acids is 1. The first kappa shape index (κ1) is 16.6. The largest absolute Gasteiger partial charge is 0.383 e. The third kappa shape index (κ3) is 3.69. The Morgan fingerprint density at radius 2 is 1.95 bits per heavy atom. The van der Waals surface area contributed by atoms with Crippen molar-refractivity contribution in [3.63, 3.8) is 0 Å². The molecule has 0 aliphatic rings. The van der Waals surface area contributed by atoms with Crippen molar-refractivity contribution in [2.75, 3.05) is 13.7 Å². The van der Waals surface area contributed by atoms with Gasteiger partial charge in [-0.3, -0.25) is 4.79 Å². The number of nitrogens with one attached hydrogen (secondary N) is 2. The zero-order valence-corrected chi connectivity index (χ0v) is 14.1. The van der Waals surface area contributed by atoms with Gasteiger partial charge in [0.25, 0.3) is 5.91 Å². The van der Waals surface area contributed by atoms with Gasteiger partial charge in [0.15, 0.2) is 0 Å². The fourth-order valence-electron chi connectivity index (χ4n) is 2.45. The molecule has 4 nitrogen and oxygen atoms in total. The molecule has 0 saturated carbocycles. The van der Waals surface area contributed by atoms with E-state index in [-0.39, 0.29) is 11.9 Å². The van der Waals surface area contributed by atoms with Gasteiger partial charge >= 0.3 is 0 Å². The summed E-state index contributed by atoms with van der Waals surface area (Å²) in [5.74, 6) is 0.705. The molecular formula is C18H26N2O2. The lowest BCUT2D eigenvalue weighted by atomic mass is 10.0. The van der Waals surface area contributed by atoms with Crippen molar-refractivity contribution in [1.82, 2.24) is 10.3 Å². The SMILES string of the molecule is COC[C@H](NC(=O)c1cc2ccc(C(C)C)cc2[nH]1)C(C)C. The molecule has 1 heterocycles. The predicted octanol–water partition coefficient (Wildman–Crippen LogP) is 3.69. The third-order valence-corrected chi connectivity index (χ3v) is 4.03. The number of benzene rings is 1. The highest BCUT2D eigenvalue weighted by molar-refractivity contribution is 5.98. The molecule has 0 unspecified atom stereocenters. The second-order valence-electron chi connectivity index (χ2n) is 6.46. The van der Waals surface area contributed by atoms with Crippen LogP contribution in [0, 0.1) is 5.92 Å². The summed E-state index contributed by atoms with van der Waals surface area (Å²) < 4.78 is 5.18. The van der Waals surface area contributed by atoms with Crippen LogP contribution < -0.4 is 5.32 Å². The minimum atomic E-state index is -0.0851. The van der Waals surface area contributed by atoms with E-state index in [2.05, 4.69) is 56.2 Å². The molecule has 120 valence electrons. The highest BCUT2D eigenvalue weighted by Crippen LogP contribution is 2.22. The Hall–Kier alpha value is -1.81. The number of methoxy groups -OCH3 is 1. The number of hydrogen-bond donors (Lipinski definition) is 2. The Morgan fingerprint density at radius 1 is 1.23 bits per heavy atom. The van der Waals surface area contributed by atoms with E-state index in [0.29, 0.717) is 24.1 Å². The molecule has 22 heavy (non-hydrogen) atoms. The van der Waals surface area contributed by atoms with Gasteiger partial charge in [0.05, 0.1) is 12.6 Å². The van der Waals surface area contributed by atoms with E-state index in [1.165, 1.54) is 5.56 Å². The first-order valence-electron chi connectivity index (χ1n) is 7.84. The van der Waals surface area contributed by atoms with E-state index >= 15 is 0 Å². The van der Waals surface area contributed by atoms with E-state index in [0.717, 1.165) is 10.9 Å². The maximum Gasteiger partial charge on any atom is 0.268 e. The van der Waals surface area contributed by atoms with Crippen molar-refractivity contribution in [3.05, 3.63) is 35.5 Å². The Labute approximate surface area is 132 Å². The van der Waals surface area contributed by atoms with Gasteiger partial charge in [-0.05, 0) is 29.5 Å². The van der Waals surface area contributed by atoms with Crippen molar-refractivity contribution in [3.8, 4) is 0 Å². The van der Waals surface area contributed by atoms with Crippen LogP contribution in [0.4, 0.5) is 0 Å². The van der Waals surface area contributed by atoms with Gasteiger partial charge in [-0.25, -0.2) is 0 Å². The molecule has 0 bridgehead atoms. The Kier molecular flexibility index (Phi) is 5.24. The standard InChI is InChI=1S/C18H26N2O2/c1-11(2)13-6-7-14-9-16(19-15(14)8-13)18(21)20-17(10-22-5)12(3)4/h6-9,11-12,17,19H,10H2,1-5H3,(H,20,21)/t17-/m0/s1. The van der Waals surface area contributed by atoms with Gasteiger partial charge in [0.2, 0.25) is 0 Å². The van der Waals surface area contributed by atoms with Gasteiger partial charge in [-0.1, -0.05) is 39.8 Å². The molecule has 0 aliphatic heterocycles. The quantitative estimate of drug-likeness (QED) is 0.855. The lowest BCUT2D eigenvalue weighted by Gasteiger charge is -2.21. The zero-order valence-electron chi connectivity index (χ0n) is 14.1. The van der Waals surface area contributed by atoms with Crippen molar-refractivity contribution >= 4 is 16.8 Å². The molecule has 1 aromatic carbocycles. The van der Waals surface area contributed by atoms with Gasteiger partial charge in [-0.2, -0.15) is 0 Å². The Morgan fingerprint density at radius 3 is 2.55 bits per heavy atom. The van der Waals surface area contributed by atoms with Crippen LogP contribution in [0.15, 0.2) is 24.3 Å². The van der Waals surface area contributed by atoms with Crippen molar-refractivity contribution in [2.45, 2.75) is 39.7 Å². The van der Waals surface area contributed by atoms with Crippen LogP contribution in [0.25, 0.3) is 10.9 Å². The molecule has 0 fully saturated rings. The topological polar surface area (TPSA) is 54.1 Å². The average molecular weight is 302 g/mol. The predicted molar refractivity (Wildman–Crippen MR) is 90.4 cm³/mol. The number of amides is 1. The normalized spacial score (nSPS) is 13.0. The Balaban J connectivity index is 2.21. The van der Waals surface area contributed by atoms with Crippen molar-refractivity contribution in [2.24, 2.45) is 5.92 Å². The lowest BCUT2D eigenvalue weighted by molar-refractivity contribution is 0.0862. The smallest absolute Gasteiger partial charge is 0.268 e. The number of ether oxygens (including phenoxy) is 1. The molecule has 2 N–H and O–H groups in total. The maximum absolute atomic E-state index is 12.4. The summed E-state index contributed by atoms with van der Waals surface area (Å²) >= 11 is 0. The molecule has 4 heteroatoms. The summed E-state index contributed by atoms with van der Waals surface area (Å²) in [4.78, 5) is 15.6. The van der Waals surface area contributed by atoms with Gasteiger partial charge in [0.1, 0.15) is 5.69 Å². The lowest BCUT2D eigenvalue weighted by Crippen LogP contribution is -2.41. The molecule has 1 amide bonds. The van der Waals surface area contributed by atoms with Crippen LogP contribution in [-0.2, 0) is 4.74 Å². The van der Waals surface area contributed by atoms with Gasteiger partial charge < -0.3 is 15.0 Å². The van der Waals surface area contributed by atoms with Gasteiger partial charge in [0, 0.05) is 18.0 Å². The molecule has 1 atom stereocenters. The minimum absolute atomic E-state index is 0.00939. The van der Waals surface area contributed by atoms with E-state index in [1.807, 2.05) is 6.07 Å². The molecule has 0 spiro atoms. The van der Waals surface area contributed by atoms with Crippen LogP contribution in [0.5, 0.6) is 0 Å². The molecule has 1 aromatic heterocycles. The number of aromatic nitrogens is 1. The van der Waals surface area contributed by atoms with Crippen molar-refractivity contribution < 1.29 is 9.53 Å². The first-order chi connectivity index (χ1) is 10.4. The maximum atomic E-state index is 12.4. The van der Waals surface area contributed by atoms with E-state index in [1.54, 1.807) is 7.11 Å². The Bertz CT molecular complexity index is 644.